The summed E-state index contributed by atoms with van der Waals surface area (Å²) in [6.45, 7) is 2.26. The number of hydrogen-bond donors (Lipinski definition) is 0. The van der Waals surface area contributed by atoms with Crippen molar-refractivity contribution in [3.8, 4) is 0 Å². The minimum absolute atomic E-state index is 0.0452. The summed E-state index contributed by atoms with van der Waals surface area (Å²) in [5.74, 6) is -0.175. The third-order valence-electron chi connectivity index (χ3n) is 4.15. The summed E-state index contributed by atoms with van der Waals surface area (Å²) < 4.78 is 0. The van der Waals surface area contributed by atoms with E-state index in [1.165, 1.54) is 17.4 Å². The second-order valence-electron chi connectivity index (χ2n) is 5.72. The molecule has 4 heteroatoms. The molecule has 3 rings (SSSR count). The quantitative estimate of drug-likeness (QED) is 0.874. The van der Waals surface area contributed by atoms with Gasteiger partial charge in [0.15, 0.2) is 0 Å². The number of amides is 2. The Morgan fingerprint density at radius 1 is 1.04 bits per heavy atom. The van der Waals surface area contributed by atoms with Gasteiger partial charge in [-0.25, -0.2) is 0 Å². The van der Waals surface area contributed by atoms with Crippen LogP contribution < -0.4 is 9.80 Å². The highest BCUT2D eigenvalue weighted by Crippen LogP contribution is 2.27. The van der Waals surface area contributed by atoms with Crippen molar-refractivity contribution < 1.29 is 9.59 Å². The molecule has 2 amide bonds. The number of nitrogens with zero attached hydrogens (tertiary/aromatic N) is 2. The fraction of sp³-hybridized carbons (Fsp3) is 0.263. The standard InChI is InChI=1S/C19H20N2O2/c1-15(22)21(17-10-3-2-4-11-17)14-19(23)20-13-7-9-16-8-5-6-12-18(16)20/h2-6,8,10-12H,7,9,13-14H2,1H3. The molecule has 0 fully saturated rings. The Bertz CT molecular complexity index is 712. The third-order valence-corrected chi connectivity index (χ3v) is 4.15. The van der Waals surface area contributed by atoms with Gasteiger partial charge >= 0.3 is 0 Å². The zero-order valence-electron chi connectivity index (χ0n) is 13.2. The van der Waals surface area contributed by atoms with Gasteiger partial charge in [-0.1, -0.05) is 36.4 Å². The molecule has 2 aromatic carbocycles. The van der Waals surface area contributed by atoms with E-state index >= 15 is 0 Å². The fourth-order valence-electron chi connectivity index (χ4n) is 3.01. The van der Waals surface area contributed by atoms with E-state index in [-0.39, 0.29) is 18.4 Å². The van der Waals surface area contributed by atoms with Crippen LogP contribution in [-0.4, -0.2) is 24.9 Å². The maximum atomic E-state index is 12.8. The topological polar surface area (TPSA) is 40.6 Å². The van der Waals surface area contributed by atoms with E-state index in [9.17, 15) is 9.59 Å². The van der Waals surface area contributed by atoms with Gasteiger partial charge in [-0.15, -0.1) is 0 Å². The van der Waals surface area contributed by atoms with Crippen molar-refractivity contribution in [2.24, 2.45) is 0 Å². The maximum absolute atomic E-state index is 12.8. The van der Waals surface area contributed by atoms with Crippen molar-refractivity contribution in [3.05, 3.63) is 60.2 Å². The van der Waals surface area contributed by atoms with E-state index in [4.69, 9.17) is 0 Å². The summed E-state index contributed by atoms with van der Waals surface area (Å²) in [7, 11) is 0. The number of para-hydroxylation sites is 2. The van der Waals surface area contributed by atoms with Gasteiger partial charge in [0, 0.05) is 24.8 Å². The predicted molar refractivity (Wildman–Crippen MR) is 91.6 cm³/mol. The van der Waals surface area contributed by atoms with Crippen LogP contribution in [0.1, 0.15) is 18.9 Å². The van der Waals surface area contributed by atoms with Crippen LogP contribution in [0.4, 0.5) is 11.4 Å². The van der Waals surface area contributed by atoms with Crippen LogP contribution in [0.3, 0.4) is 0 Å². The minimum Gasteiger partial charge on any atom is -0.311 e. The lowest BCUT2D eigenvalue weighted by atomic mass is 10.0. The zero-order valence-corrected chi connectivity index (χ0v) is 13.2. The number of aryl methyl sites for hydroxylation is 1. The summed E-state index contributed by atoms with van der Waals surface area (Å²) in [6, 6.07) is 17.3. The minimum atomic E-state index is -0.130. The number of carbonyl (C=O) groups is 2. The molecule has 118 valence electrons. The highest BCUT2D eigenvalue weighted by atomic mass is 16.2. The molecule has 4 nitrogen and oxygen atoms in total. The van der Waals surface area contributed by atoms with Gasteiger partial charge in [-0.05, 0) is 36.6 Å². The molecule has 1 aliphatic rings. The van der Waals surface area contributed by atoms with Gasteiger partial charge in [0.25, 0.3) is 0 Å². The van der Waals surface area contributed by atoms with Gasteiger partial charge in [0.2, 0.25) is 11.8 Å². The Kier molecular flexibility index (Phi) is 4.42. The van der Waals surface area contributed by atoms with E-state index in [0.29, 0.717) is 6.54 Å². The van der Waals surface area contributed by atoms with E-state index in [2.05, 4.69) is 6.07 Å². The largest absolute Gasteiger partial charge is 0.311 e. The van der Waals surface area contributed by atoms with Crippen LogP contribution in [-0.2, 0) is 16.0 Å². The predicted octanol–water partition coefficient (Wildman–Crippen LogP) is 3.02. The molecule has 1 heterocycles. The Hall–Kier alpha value is -2.62. The third kappa shape index (κ3) is 3.26. The molecule has 1 aliphatic heterocycles. The second kappa shape index (κ2) is 6.65. The van der Waals surface area contributed by atoms with Crippen LogP contribution in [0.25, 0.3) is 0 Å². The maximum Gasteiger partial charge on any atom is 0.247 e. The molecular formula is C19H20N2O2. The number of hydrogen-bond acceptors (Lipinski definition) is 2. The average molecular weight is 308 g/mol. The van der Waals surface area contributed by atoms with E-state index in [1.807, 2.05) is 48.5 Å². The van der Waals surface area contributed by atoms with Gasteiger partial charge in [-0.3, -0.25) is 9.59 Å². The van der Waals surface area contributed by atoms with Gasteiger partial charge in [0.05, 0.1) is 0 Å². The molecule has 0 unspecified atom stereocenters. The fourth-order valence-corrected chi connectivity index (χ4v) is 3.01. The Balaban J connectivity index is 1.82. The van der Waals surface area contributed by atoms with Crippen LogP contribution in [0.2, 0.25) is 0 Å². The highest BCUT2D eigenvalue weighted by Gasteiger charge is 2.25. The molecule has 0 aliphatic carbocycles. The summed E-state index contributed by atoms with van der Waals surface area (Å²) in [4.78, 5) is 28.1. The summed E-state index contributed by atoms with van der Waals surface area (Å²) >= 11 is 0. The summed E-state index contributed by atoms with van der Waals surface area (Å²) in [5, 5.41) is 0. The number of benzene rings is 2. The van der Waals surface area contributed by atoms with Crippen LogP contribution in [0.15, 0.2) is 54.6 Å². The van der Waals surface area contributed by atoms with Crippen molar-refractivity contribution >= 4 is 23.2 Å². The lowest BCUT2D eigenvalue weighted by Crippen LogP contribution is -2.44. The van der Waals surface area contributed by atoms with Crippen LogP contribution in [0.5, 0.6) is 0 Å². The number of anilines is 2. The van der Waals surface area contributed by atoms with Crippen molar-refractivity contribution in [1.29, 1.82) is 0 Å². The lowest BCUT2D eigenvalue weighted by Gasteiger charge is -2.31. The van der Waals surface area contributed by atoms with Crippen molar-refractivity contribution in [3.63, 3.8) is 0 Å². The van der Waals surface area contributed by atoms with E-state index < -0.39 is 0 Å². The summed E-state index contributed by atoms with van der Waals surface area (Å²) in [6.07, 6.45) is 1.95. The van der Waals surface area contributed by atoms with Gasteiger partial charge in [-0.2, -0.15) is 0 Å². The number of carbonyl (C=O) groups excluding carboxylic acids is 2. The highest BCUT2D eigenvalue weighted by molar-refractivity contribution is 6.03. The van der Waals surface area contributed by atoms with Gasteiger partial charge < -0.3 is 9.80 Å². The van der Waals surface area contributed by atoms with Crippen molar-refractivity contribution in [2.45, 2.75) is 19.8 Å². The summed E-state index contributed by atoms with van der Waals surface area (Å²) in [5.41, 5.74) is 2.92. The van der Waals surface area contributed by atoms with Crippen molar-refractivity contribution in [1.82, 2.24) is 0 Å². The first-order valence-electron chi connectivity index (χ1n) is 7.88. The average Bonchev–Trinajstić information content (AvgIpc) is 2.59. The van der Waals surface area contributed by atoms with Gasteiger partial charge in [0.1, 0.15) is 6.54 Å². The molecule has 0 saturated carbocycles. The van der Waals surface area contributed by atoms with E-state index in [1.54, 1.807) is 4.90 Å². The SMILES string of the molecule is CC(=O)N(CC(=O)N1CCCc2ccccc21)c1ccccc1. The molecule has 2 aromatic rings. The lowest BCUT2D eigenvalue weighted by molar-refractivity contribution is -0.121. The van der Waals surface area contributed by atoms with Crippen molar-refractivity contribution in [2.75, 3.05) is 22.9 Å². The molecule has 0 spiro atoms. The molecule has 0 bridgehead atoms. The first-order valence-corrected chi connectivity index (χ1v) is 7.88. The Labute approximate surface area is 136 Å². The van der Waals surface area contributed by atoms with E-state index in [0.717, 1.165) is 24.2 Å². The molecule has 0 N–H and O–H groups in total. The normalized spacial score (nSPS) is 13.3. The molecule has 23 heavy (non-hydrogen) atoms. The molecular weight excluding hydrogens is 288 g/mol. The van der Waals surface area contributed by atoms with Crippen LogP contribution >= 0.6 is 0 Å². The molecule has 0 saturated heterocycles. The molecule has 0 atom stereocenters. The first kappa shape index (κ1) is 15.3. The number of fused-ring (bicyclic) bond motifs is 1. The monoisotopic (exact) mass is 308 g/mol. The zero-order chi connectivity index (χ0) is 16.2. The Morgan fingerprint density at radius 3 is 2.48 bits per heavy atom. The number of rotatable bonds is 3. The Morgan fingerprint density at radius 2 is 1.74 bits per heavy atom. The first-order chi connectivity index (χ1) is 11.2. The second-order valence-corrected chi connectivity index (χ2v) is 5.72. The molecule has 0 aromatic heterocycles. The van der Waals surface area contributed by atoms with Crippen LogP contribution in [0, 0.1) is 0 Å². The molecule has 0 radical (unpaired) electrons. The smallest absolute Gasteiger partial charge is 0.247 e.